The number of hydrogen-bond donors (Lipinski definition) is 2. The van der Waals surface area contributed by atoms with Crippen LogP contribution in [0.15, 0.2) is 76.6 Å². The molecule has 1 fully saturated rings. The van der Waals surface area contributed by atoms with Gasteiger partial charge in [-0.2, -0.15) is 0 Å². The summed E-state index contributed by atoms with van der Waals surface area (Å²) in [5.74, 6) is -1.71. The molecule has 0 spiro atoms. The van der Waals surface area contributed by atoms with Crippen molar-refractivity contribution in [1.82, 2.24) is 4.98 Å². The number of amides is 3. The number of aromatic amines is 1. The highest BCUT2D eigenvalue weighted by atomic mass is 35.5. The van der Waals surface area contributed by atoms with Crippen LogP contribution in [0.2, 0.25) is 5.02 Å². The highest BCUT2D eigenvalue weighted by Crippen LogP contribution is 2.53. The van der Waals surface area contributed by atoms with Gasteiger partial charge < -0.3 is 19.8 Å². The lowest BCUT2D eigenvalue weighted by molar-refractivity contribution is -0.122. The summed E-state index contributed by atoms with van der Waals surface area (Å²) < 4.78 is 11.4. The number of aryl methyl sites for hydroxylation is 1. The van der Waals surface area contributed by atoms with Gasteiger partial charge in [-0.3, -0.25) is 19.2 Å². The van der Waals surface area contributed by atoms with Crippen molar-refractivity contribution in [3.63, 3.8) is 0 Å². The van der Waals surface area contributed by atoms with E-state index in [1.807, 2.05) is 25.1 Å². The van der Waals surface area contributed by atoms with Crippen LogP contribution in [0.4, 0.5) is 11.4 Å². The first-order valence-electron chi connectivity index (χ1n) is 12.9. The predicted molar refractivity (Wildman–Crippen MR) is 162 cm³/mol. The predicted octanol–water partition coefficient (Wildman–Crippen LogP) is 5.22. The van der Waals surface area contributed by atoms with E-state index in [4.69, 9.17) is 21.1 Å². The van der Waals surface area contributed by atoms with Crippen molar-refractivity contribution in [2.75, 3.05) is 23.9 Å². The Balaban J connectivity index is 1.30. The molecule has 12 heteroatoms. The van der Waals surface area contributed by atoms with Gasteiger partial charge in [0, 0.05) is 21.5 Å². The van der Waals surface area contributed by atoms with Crippen LogP contribution in [0.25, 0.3) is 0 Å². The van der Waals surface area contributed by atoms with Crippen LogP contribution in [-0.4, -0.2) is 41.7 Å². The van der Waals surface area contributed by atoms with Gasteiger partial charge in [-0.05, 0) is 66.6 Å². The molecule has 0 radical (unpaired) electrons. The van der Waals surface area contributed by atoms with Gasteiger partial charge in [-0.15, -0.1) is 0 Å². The van der Waals surface area contributed by atoms with E-state index in [-0.39, 0.29) is 29.2 Å². The summed E-state index contributed by atoms with van der Waals surface area (Å²) >= 11 is 8.26. The topological polar surface area (TPSA) is 118 Å². The third kappa shape index (κ3) is 5.19. The molecule has 0 unspecified atom stereocenters. The second-order valence-corrected chi connectivity index (χ2v) is 12.5. The number of carbonyl (C=O) groups excluding carboxylic acids is 3. The van der Waals surface area contributed by atoms with Gasteiger partial charge >= 0.3 is 4.87 Å². The van der Waals surface area contributed by atoms with Crippen molar-refractivity contribution >= 4 is 63.8 Å². The van der Waals surface area contributed by atoms with Crippen molar-refractivity contribution in [2.45, 2.75) is 23.1 Å². The fraction of sp³-hybridized carbons (Fsp3) is 0.200. The average molecular weight is 622 g/mol. The minimum absolute atomic E-state index is 0.249. The maximum Gasteiger partial charge on any atom is 0.305 e. The van der Waals surface area contributed by atoms with Crippen LogP contribution in [0.5, 0.6) is 11.5 Å². The summed E-state index contributed by atoms with van der Waals surface area (Å²) in [5.41, 5.74) is 2.79. The number of fused-ring (bicyclic) bond motifs is 2. The number of benzene rings is 3. The number of aromatic nitrogens is 1. The van der Waals surface area contributed by atoms with E-state index in [9.17, 15) is 19.2 Å². The van der Waals surface area contributed by atoms with Crippen LogP contribution < -0.4 is 24.6 Å². The number of hydrogen-bond acceptors (Lipinski definition) is 8. The SMILES string of the molecule is COc1cc([C@@H]2c3sc(=O)[nH]c3S[C@H]3C(=O)N(c4ccc(Cl)cc4)C(=O)[C@@H]23)ccc1OCC(=O)Nc1cccc(C)c1. The standard InChI is InChI=1S/C30H24ClN3O6S2/c1-15-4-3-5-18(12-15)32-22(35)14-40-20-11-6-16(13-21(20)39-2)23-24-26(41-27-25(23)42-30(38)33-27)29(37)34(28(24)36)19-9-7-17(31)8-10-19/h3-13,23-24,26H,14H2,1-2H3,(H,32,35)(H,33,38)/t23-,24-,26+/m0/s1. The summed E-state index contributed by atoms with van der Waals surface area (Å²) in [6.45, 7) is 1.69. The Morgan fingerprint density at radius 1 is 1.02 bits per heavy atom. The zero-order valence-electron chi connectivity index (χ0n) is 22.4. The number of halogens is 1. The molecule has 6 rings (SSSR count). The summed E-state index contributed by atoms with van der Waals surface area (Å²) in [7, 11) is 1.48. The second-order valence-electron chi connectivity index (χ2n) is 9.85. The number of thioether (sulfide) groups is 1. The quantitative estimate of drug-likeness (QED) is 0.272. The molecular weight excluding hydrogens is 598 g/mol. The lowest BCUT2D eigenvalue weighted by Gasteiger charge is -2.30. The minimum Gasteiger partial charge on any atom is -0.493 e. The molecule has 4 aromatic rings. The van der Waals surface area contributed by atoms with Gasteiger partial charge in [0.25, 0.3) is 5.91 Å². The first-order valence-corrected chi connectivity index (χ1v) is 15.0. The molecule has 3 heterocycles. The Labute approximate surface area is 253 Å². The van der Waals surface area contributed by atoms with E-state index in [2.05, 4.69) is 10.3 Å². The number of carbonyl (C=O) groups is 3. The van der Waals surface area contributed by atoms with E-state index < -0.39 is 17.1 Å². The molecular formula is C30H24ClN3O6S2. The number of nitrogens with zero attached hydrogens (tertiary/aromatic N) is 1. The molecule has 2 aliphatic heterocycles. The zero-order chi connectivity index (χ0) is 29.5. The Bertz CT molecular complexity index is 1770. The van der Waals surface area contributed by atoms with E-state index >= 15 is 0 Å². The third-order valence-corrected chi connectivity index (χ3v) is 9.77. The molecule has 3 atom stereocenters. The molecule has 3 amide bonds. The number of anilines is 2. The monoisotopic (exact) mass is 621 g/mol. The maximum absolute atomic E-state index is 13.9. The lowest BCUT2D eigenvalue weighted by Crippen LogP contribution is -2.32. The van der Waals surface area contributed by atoms with Gasteiger partial charge in [-0.1, -0.05) is 52.9 Å². The first-order chi connectivity index (χ1) is 20.2. The van der Waals surface area contributed by atoms with E-state index in [0.717, 1.165) is 16.9 Å². The lowest BCUT2D eigenvalue weighted by atomic mass is 9.83. The number of rotatable bonds is 7. The van der Waals surface area contributed by atoms with Crippen LogP contribution >= 0.6 is 34.7 Å². The largest absolute Gasteiger partial charge is 0.493 e. The summed E-state index contributed by atoms with van der Waals surface area (Å²) in [4.78, 5) is 56.8. The van der Waals surface area contributed by atoms with Crippen LogP contribution in [0, 0.1) is 12.8 Å². The minimum atomic E-state index is -0.756. The molecule has 1 saturated heterocycles. The molecule has 0 bridgehead atoms. The number of methoxy groups -OCH3 is 1. The van der Waals surface area contributed by atoms with Crippen LogP contribution in [0.3, 0.4) is 0 Å². The molecule has 9 nitrogen and oxygen atoms in total. The second kappa shape index (κ2) is 11.3. The number of nitrogens with one attached hydrogen (secondary N) is 2. The molecule has 3 aromatic carbocycles. The molecule has 1 aromatic heterocycles. The number of ether oxygens (including phenoxy) is 2. The van der Waals surface area contributed by atoms with Crippen LogP contribution in [0.1, 0.15) is 21.9 Å². The Morgan fingerprint density at radius 3 is 2.55 bits per heavy atom. The van der Waals surface area contributed by atoms with Crippen molar-refractivity contribution in [3.05, 3.63) is 97.4 Å². The van der Waals surface area contributed by atoms with Crippen molar-refractivity contribution in [1.29, 1.82) is 0 Å². The number of thiazole rings is 1. The normalized spacial score (nSPS) is 19.3. The molecule has 214 valence electrons. The highest BCUT2D eigenvalue weighted by Gasteiger charge is 2.56. The van der Waals surface area contributed by atoms with Crippen molar-refractivity contribution < 1.29 is 23.9 Å². The zero-order valence-corrected chi connectivity index (χ0v) is 24.8. The number of H-pyrrole nitrogens is 1. The van der Waals surface area contributed by atoms with Gasteiger partial charge in [0.1, 0.15) is 5.25 Å². The fourth-order valence-electron chi connectivity index (χ4n) is 5.28. The third-order valence-electron chi connectivity index (χ3n) is 7.12. The first kappa shape index (κ1) is 28.1. The van der Waals surface area contributed by atoms with Crippen LogP contribution in [-0.2, 0) is 14.4 Å². The summed E-state index contributed by atoms with van der Waals surface area (Å²) in [6.07, 6.45) is 0. The average Bonchev–Trinajstić information content (AvgIpc) is 3.46. The molecule has 42 heavy (non-hydrogen) atoms. The van der Waals surface area contributed by atoms with E-state index in [0.29, 0.717) is 43.4 Å². The molecule has 2 N–H and O–H groups in total. The number of imide groups is 1. The highest BCUT2D eigenvalue weighted by molar-refractivity contribution is 8.00. The molecule has 2 aliphatic rings. The Hall–Kier alpha value is -4.06. The molecule has 0 saturated carbocycles. The van der Waals surface area contributed by atoms with Crippen molar-refractivity contribution in [2.24, 2.45) is 5.92 Å². The summed E-state index contributed by atoms with van der Waals surface area (Å²) in [6, 6.07) is 19.1. The smallest absolute Gasteiger partial charge is 0.305 e. The Morgan fingerprint density at radius 2 is 1.81 bits per heavy atom. The van der Waals surface area contributed by atoms with E-state index in [1.165, 1.54) is 23.8 Å². The summed E-state index contributed by atoms with van der Waals surface area (Å²) in [5, 5.41) is 3.13. The van der Waals surface area contributed by atoms with Gasteiger partial charge in [-0.25, -0.2) is 4.90 Å². The molecule has 0 aliphatic carbocycles. The van der Waals surface area contributed by atoms with Gasteiger partial charge in [0.15, 0.2) is 18.1 Å². The fourth-order valence-corrected chi connectivity index (χ4v) is 7.92. The van der Waals surface area contributed by atoms with Gasteiger partial charge in [0.2, 0.25) is 11.8 Å². The Kier molecular flexibility index (Phi) is 7.56. The maximum atomic E-state index is 13.9. The van der Waals surface area contributed by atoms with E-state index in [1.54, 1.807) is 48.5 Å². The van der Waals surface area contributed by atoms with Gasteiger partial charge in [0.05, 0.1) is 23.7 Å². The van der Waals surface area contributed by atoms with Crippen molar-refractivity contribution in [3.8, 4) is 11.5 Å².